The lowest BCUT2D eigenvalue weighted by Gasteiger charge is -2.38. The van der Waals surface area contributed by atoms with Gasteiger partial charge in [0.25, 0.3) is 0 Å². The molecule has 0 aliphatic rings. The smallest absolute Gasteiger partial charge is 0.311 e. The van der Waals surface area contributed by atoms with Gasteiger partial charge in [0.05, 0.1) is 66.9 Å². The minimum atomic E-state index is -0.139. The molecular weight excluding hydrogens is 416 g/mol. The molecular formula is C27H56N2O4. The van der Waals surface area contributed by atoms with Gasteiger partial charge in [0, 0.05) is 6.42 Å². The van der Waals surface area contributed by atoms with Crippen LogP contribution in [-0.4, -0.2) is 88.6 Å². The number of hydrogen-bond donors (Lipinski definition) is 0. The monoisotopic (exact) mass is 472 g/mol. The number of rotatable bonds is 24. The molecule has 0 aromatic rings. The van der Waals surface area contributed by atoms with Crippen molar-refractivity contribution in [3.05, 3.63) is 0 Å². The SMILES string of the molecule is CCCCCCCCCCCCCCOC(=O)CC[N+](C)(C)CCC[N+](C)(CC[O-])CC[O-]. The molecule has 0 saturated carbocycles. The van der Waals surface area contributed by atoms with Gasteiger partial charge in [-0.1, -0.05) is 90.8 Å². The van der Waals surface area contributed by atoms with Gasteiger partial charge < -0.3 is 23.9 Å². The van der Waals surface area contributed by atoms with Crippen molar-refractivity contribution in [1.82, 2.24) is 0 Å². The normalized spacial score (nSPS) is 12.3. The van der Waals surface area contributed by atoms with Crippen LogP contribution in [0.25, 0.3) is 0 Å². The molecule has 6 heteroatoms. The Bertz CT molecular complexity index is 451. The summed E-state index contributed by atoms with van der Waals surface area (Å²) in [5, 5.41) is 22.0. The van der Waals surface area contributed by atoms with Gasteiger partial charge in [0.1, 0.15) is 0 Å². The molecule has 6 nitrogen and oxygen atoms in total. The van der Waals surface area contributed by atoms with E-state index in [9.17, 15) is 15.0 Å². The number of likely N-dealkylation sites (N-methyl/N-ethyl adjacent to an activating group) is 1. The third kappa shape index (κ3) is 20.4. The summed E-state index contributed by atoms with van der Waals surface area (Å²) in [6.07, 6.45) is 17.0. The maximum atomic E-state index is 12.1. The molecule has 0 aliphatic carbocycles. The van der Waals surface area contributed by atoms with Crippen LogP contribution < -0.4 is 10.2 Å². The Balaban J connectivity index is 3.69. The van der Waals surface area contributed by atoms with E-state index in [0.29, 0.717) is 30.6 Å². The minimum absolute atomic E-state index is 0.0948. The maximum absolute atomic E-state index is 12.1. The Hall–Kier alpha value is -0.690. The number of nitrogens with zero attached hydrogens (tertiary/aromatic N) is 2. The zero-order valence-corrected chi connectivity index (χ0v) is 22.6. The predicted octanol–water partition coefficient (Wildman–Crippen LogP) is 3.25. The highest BCUT2D eigenvalue weighted by Crippen LogP contribution is 2.12. The summed E-state index contributed by atoms with van der Waals surface area (Å²) in [4.78, 5) is 12.1. The molecule has 0 atom stereocenters. The Labute approximate surface area is 205 Å². The summed E-state index contributed by atoms with van der Waals surface area (Å²) in [5.74, 6) is -0.0948. The van der Waals surface area contributed by atoms with Crippen LogP contribution in [-0.2, 0) is 9.53 Å². The van der Waals surface area contributed by atoms with E-state index in [-0.39, 0.29) is 19.2 Å². The van der Waals surface area contributed by atoms with Crippen LogP contribution in [0, 0.1) is 0 Å². The number of carbonyl (C=O) groups excluding carboxylic acids is 1. The first-order chi connectivity index (χ1) is 15.8. The lowest BCUT2D eigenvalue weighted by Crippen LogP contribution is -2.53. The highest BCUT2D eigenvalue weighted by molar-refractivity contribution is 5.69. The van der Waals surface area contributed by atoms with Crippen LogP contribution in [0.5, 0.6) is 0 Å². The largest absolute Gasteiger partial charge is 0.850 e. The Morgan fingerprint density at radius 2 is 1.12 bits per heavy atom. The molecule has 0 bridgehead atoms. The first-order valence-electron chi connectivity index (χ1n) is 13.8. The fourth-order valence-electron chi connectivity index (χ4n) is 4.36. The molecule has 0 heterocycles. The van der Waals surface area contributed by atoms with Crippen LogP contribution in [0.1, 0.15) is 96.8 Å². The van der Waals surface area contributed by atoms with Crippen molar-refractivity contribution in [1.29, 1.82) is 0 Å². The van der Waals surface area contributed by atoms with Crippen molar-refractivity contribution in [3.8, 4) is 0 Å². The second-order valence-electron chi connectivity index (χ2n) is 10.8. The third-order valence-electron chi connectivity index (χ3n) is 6.91. The van der Waals surface area contributed by atoms with E-state index >= 15 is 0 Å². The quantitative estimate of drug-likeness (QED) is 0.123. The maximum Gasteiger partial charge on any atom is 0.311 e. The number of carbonyl (C=O) groups is 1. The Kier molecular flexibility index (Phi) is 20.2. The van der Waals surface area contributed by atoms with Crippen LogP contribution in [0.2, 0.25) is 0 Å². The fraction of sp³-hybridized carbons (Fsp3) is 0.963. The van der Waals surface area contributed by atoms with E-state index in [1.165, 1.54) is 64.2 Å². The molecule has 0 unspecified atom stereocenters. The standard InChI is InChI=1S/C27H56N2O4/c1-5-6-7-8-9-10-11-12-13-14-15-16-26-33-27(32)18-21-28(2,3)19-17-20-29(4,22-24-30)23-25-31/h5-26H2,1-4H3. The van der Waals surface area contributed by atoms with Crippen molar-refractivity contribution in [2.45, 2.75) is 96.8 Å². The van der Waals surface area contributed by atoms with E-state index < -0.39 is 0 Å². The molecule has 0 fully saturated rings. The van der Waals surface area contributed by atoms with Crippen LogP contribution >= 0.6 is 0 Å². The van der Waals surface area contributed by atoms with Crippen LogP contribution in [0.3, 0.4) is 0 Å². The van der Waals surface area contributed by atoms with Gasteiger partial charge in [-0.3, -0.25) is 4.79 Å². The molecule has 0 aromatic heterocycles. The Morgan fingerprint density at radius 3 is 1.61 bits per heavy atom. The topological polar surface area (TPSA) is 72.4 Å². The number of ether oxygens (including phenoxy) is 1. The number of quaternary nitrogens is 2. The highest BCUT2D eigenvalue weighted by Gasteiger charge is 2.22. The molecule has 0 amide bonds. The summed E-state index contributed by atoms with van der Waals surface area (Å²) in [7, 11) is 6.26. The van der Waals surface area contributed by atoms with E-state index in [1.807, 2.05) is 7.05 Å². The Morgan fingerprint density at radius 1 is 0.636 bits per heavy atom. The predicted molar refractivity (Wildman–Crippen MR) is 134 cm³/mol. The molecule has 0 aliphatic heterocycles. The highest BCUT2D eigenvalue weighted by atomic mass is 16.5. The fourth-order valence-corrected chi connectivity index (χ4v) is 4.36. The van der Waals surface area contributed by atoms with E-state index in [4.69, 9.17) is 4.74 Å². The average Bonchev–Trinajstić information content (AvgIpc) is 2.76. The third-order valence-corrected chi connectivity index (χ3v) is 6.91. The van der Waals surface area contributed by atoms with E-state index in [0.717, 1.165) is 43.4 Å². The summed E-state index contributed by atoms with van der Waals surface area (Å²) in [6.45, 7) is 6.09. The zero-order chi connectivity index (χ0) is 24.8. The van der Waals surface area contributed by atoms with Gasteiger partial charge in [-0.25, -0.2) is 0 Å². The molecule has 0 saturated heterocycles. The van der Waals surface area contributed by atoms with Crippen molar-refractivity contribution in [2.75, 3.05) is 73.7 Å². The number of unbranched alkanes of at least 4 members (excludes halogenated alkanes) is 11. The summed E-state index contributed by atoms with van der Waals surface area (Å²) in [6, 6.07) is 0. The van der Waals surface area contributed by atoms with Gasteiger partial charge in [0.15, 0.2) is 0 Å². The van der Waals surface area contributed by atoms with Crippen LogP contribution in [0.4, 0.5) is 0 Å². The van der Waals surface area contributed by atoms with E-state index in [1.54, 1.807) is 0 Å². The van der Waals surface area contributed by atoms with Gasteiger partial charge >= 0.3 is 5.97 Å². The van der Waals surface area contributed by atoms with Crippen LogP contribution in [0.15, 0.2) is 0 Å². The van der Waals surface area contributed by atoms with Gasteiger partial charge in [-0.2, -0.15) is 0 Å². The summed E-state index contributed by atoms with van der Waals surface area (Å²) in [5.41, 5.74) is 0. The van der Waals surface area contributed by atoms with E-state index in [2.05, 4.69) is 21.0 Å². The minimum Gasteiger partial charge on any atom is -0.850 e. The van der Waals surface area contributed by atoms with Gasteiger partial charge in [-0.15, -0.1) is 0 Å². The summed E-state index contributed by atoms with van der Waals surface area (Å²) >= 11 is 0. The second kappa shape index (κ2) is 20.7. The molecule has 0 N–H and O–H groups in total. The zero-order valence-electron chi connectivity index (χ0n) is 22.6. The van der Waals surface area contributed by atoms with Crippen molar-refractivity contribution >= 4 is 5.97 Å². The summed E-state index contributed by atoms with van der Waals surface area (Å²) < 4.78 is 6.75. The first-order valence-corrected chi connectivity index (χ1v) is 13.8. The first kappa shape index (κ1) is 32.3. The van der Waals surface area contributed by atoms with Gasteiger partial charge in [-0.05, 0) is 6.42 Å². The molecule has 198 valence electrons. The van der Waals surface area contributed by atoms with Crippen molar-refractivity contribution in [2.24, 2.45) is 0 Å². The second-order valence-corrected chi connectivity index (χ2v) is 10.8. The molecule has 0 radical (unpaired) electrons. The lowest BCUT2D eigenvalue weighted by atomic mass is 10.1. The molecule has 33 heavy (non-hydrogen) atoms. The van der Waals surface area contributed by atoms with Crippen molar-refractivity contribution in [3.63, 3.8) is 0 Å². The van der Waals surface area contributed by atoms with Gasteiger partial charge in [0.2, 0.25) is 0 Å². The number of hydrogen-bond acceptors (Lipinski definition) is 4. The molecule has 0 rings (SSSR count). The lowest BCUT2D eigenvalue weighted by molar-refractivity contribution is -0.927. The molecule has 0 spiro atoms. The number of esters is 1. The average molecular weight is 473 g/mol. The van der Waals surface area contributed by atoms with Crippen molar-refractivity contribution < 1.29 is 28.7 Å². The molecule has 0 aromatic carbocycles.